The van der Waals surface area contributed by atoms with E-state index >= 15 is 0 Å². The molecular weight excluding hydrogens is 240 g/mol. The molecule has 18 heavy (non-hydrogen) atoms. The maximum Gasteiger partial charge on any atom is 0.188 e. The monoisotopic (exact) mass is 272 g/mol. The van der Waals surface area contributed by atoms with Crippen LogP contribution in [0.2, 0.25) is 0 Å². The molecule has 1 nitrogen and oxygen atoms in total. The van der Waals surface area contributed by atoms with Gasteiger partial charge in [0.05, 0.1) is 0 Å². The molecule has 0 aromatic heterocycles. The third-order valence-corrected chi connectivity index (χ3v) is 4.29. The second-order valence-corrected chi connectivity index (χ2v) is 6.11. The van der Waals surface area contributed by atoms with E-state index in [1.807, 2.05) is 6.92 Å². The first-order valence-electron chi connectivity index (χ1n) is 7.84. The molecule has 2 heteroatoms. The fourth-order valence-corrected chi connectivity index (χ4v) is 2.57. The minimum Gasteiger partial charge on any atom is -0.287 e. The Morgan fingerprint density at radius 1 is 0.889 bits per heavy atom. The van der Waals surface area contributed by atoms with Crippen molar-refractivity contribution in [1.82, 2.24) is 0 Å². The number of carbonyl (C=O) groups is 1. The van der Waals surface area contributed by atoms with Crippen LogP contribution in [0.4, 0.5) is 0 Å². The minimum atomic E-state index is 0.0473. The molecule has 2 unspecified atom stereocenters. The van der Waals surface area contributed by atoms with Crippen molar-refractivity contribution < 1.29 is 4.79 Å². The van der Waals surface area contributed by atoms with Crippen LogP contribution in [0.5, 0.6) is 0 Å². The van der Waals surface area contributed by atoms with Gasteiger partial charge < -0.3 is 0 Å². The van der Waals surface area contributed by atoms with Crippen LogP contribution in [0.1, 0.15) is 85.0 Å². The number of unbranched alkanes of at least 4 members (excludes halogenated alkanes) is 3. The third-order valence-electron chi connectivity index (χ3n) is 3.85. The van der Waals surface area contributed by atoms with Gasteiger partial charge in [-0.1, -0.05) is 78.6 Å². The van der Waals surface area contributed by atoms with Crippen LogP contribution in [-0.2, 0) is 4.79 Å². The van der Waals surface area contributed by atoms with Crippen molar-refractivity contribution in [2.45, 2.75) is 85.0 Å². The second-order valence-electron chi connectivity index (χ2n) is 5.67. The summed E-state index contributed by atoms with van der Waals surface area (Å²) < 4.78 is 0. The molecule has 0 aliphatic carbocycles. The van der Waals surface area contributed by atoms with E-state index in [1.165, 1.54) is 57.8 Å². The van der Waals surface area contributed by atoms with Crippen molar-refractivity contribution in [2.75, 3.05) is 0 Å². The molecule has 0 bridgehead atoms. The Morgan fingerprint density at radius 2 is 1.44 bits per heavy atom. The zero-order valence-electron chi connectivity index (χ0n) is 12.6. The number of carbonyl (C=O) groups excluding carboxylic acids is 1. The highest BCUT2D eigenvalue weighted by Crippen LogP contribution is 2.24. The molecule has 0 heterocycles. The van der Waals surface area contributed by atoms with Gasteiger partial charge in [-0.25, -0.2) is 0 Å². The van der Waals surface area contributed by atoms with Crippen molar-refractivity contribution >= 4 is 17.7 Å². The van der Waals surface area contributed by atoms with Crippen LogP contribution < -0.4 is 0 Å². The van der Waals surface area contributed by atoms with Gasteiger partial charge in [-0.3, -0.25) is 4.79 Å². The molecular formula is C16H32OS. The highest BCUT2D eigenvalue weighted by atomic mass is 32.1. The zero-order chi connectivity index (χ0) is 13.8. The lowest BCUT2D eigenvalue weighted by molar-refractivity contribution is -0.113. The predicted octanol–water partition coefficient (Wildman–Crippen LogP) is 5.64. The average Bonchev–Trinajstić information content (AvgIpc) is 2.35. The average molecular weight is 272 g/mol. The molecule has 0 aromatic rings. The second kappa shape index (κ2) is 12.1. The van der Waals surface area contributed by atoms with Crippen molar-refractivity contribution in [2.24, 2.45) is 11.8 Å². The molecule has 108 valence electrons. The third kappa shape index (κ3) is 9.99. The molecule has 0 radical (unpaired) electrons. The van der Waals surface area contributed by atoms with E-state index in [-0.39, 0.29) is 11.0 Å². The summed E-state index contributed by atoms with van der Waals surface area (Å²) in [6, 6.07) is 0. The van der Waals surface area contributed by atoms with Crippen LogP contribution in [0.25, 0.3) is 0 Å². The fraction of sp³-hybridized carbons (Fsp3) is 0.938. The van der Waals surface area contributed by atoms with E-state index < -0.39 is 0 Å². The van der Waals surface area contributed by atoms with Gasteiger partial charge >= 0.3 is 0 Å². The normalized spacial score (nSPS) is 14.4. The minimum absolute atomic E-state index is 0.0473. The molecule has 0 aromatic carbocycles. The first-order chi connectivity index (χ1) is 8.61. The maximum absolute atomic E-state index is 11.1. The number of hydrogen-bond acceptors (Lipinski definition) is 1. The van der Waals surface area contributed by atoms with Crippen LogP contribution >= 0.6 is 12.6 Å². The van der Waals surface area contributed by atoms with Crippen molar-refractivity contribution in [3.8, 4) is 0 Å². The van der Waals surface area contributed by atoms with E-state index in [2.05, 4.69) is 26.5 Å². The van der Waals surface area contributed by atoms with Crippen molar-refractivity contribution in [1.29, 1.82) is 0 Å². The standard InChI is InChI=1S/C16H32OS/c1-4-6-8-12-15(11-7-5-2)13-9-10-14(3)16(17)18/h14-15H,4-13H2,1-3H3,(H,17,18). The maximum atomic E-state index is 11.1. The summed E-state index contributed by atoms with van der Waals surface area (Å²) in [5.41, 5.74) is 0. The lowest BCUT2D eigenvalue weighted by atomic mass is 9.89. The van der Waals surface area contributed by atoms with Crippen molar-refractivity contribution in [3.05, 3.63) is 0 Å². The van der Waals surface area contributed by atoms with E-state index in [0.717, 1.165) is 12.3 Å². The Morgan fingerprint density at radius 3 is 2.00 bits per heavy atom. The highest BCUT2D eigenvalue weighted by Gasteiger charge is 2.11. The van der Waals surface area contributed by atoms with Crippen LogP contribution in [-0.4, -0.2) is 5.12 Å². The Kier molecular flexibility index (Phi) is 12.1. The van der Waals surface area contributed by atoms with Gasteiger partial charge in [-0.15, -0.1) is 12.6 Å². The SMILES string of the molecule is CCCCCC(CCCC)CCCC(C)C(=O)S. The Balaban J connectivity index is 3.80. The Bertz CT molecular complexity index is 203. The molecule has 0 rings (SSSR count). The first-order valence-corrected chi connectivity index (χ1v) is 8.29. The predicted molar refractivity (Wildman–Crippen MR) is 84.2 cm³/mol. The molecule has 0 fully saturated rings. The topological polar surface area (TPSA) is 17.1 Å². The summed E-state index contributed by atoms with van der Waals surface area (Å²) in [4.78, 5) is 11.1. The Hall–Kier alpha value is 0.0200. The lowest BCUT2D eigenvalue weighted by Crippen LogP contribution is -2.06. The fourth-order valence-electron chi connectivity index (χ4n) is 2.45. The van der Waals surface area contributed by atoms with Gasteiger partial charge in [0.1, 0.15) is 0 Å². The molecule has 0 aliphatic rings. The van der Waals surface area contributed by atoms with Gasteiger partial charge in [-0.2, -0.15) is 0 Å². The summed E-state index contributed by atoms with van der Waals surface area (Å²) in [7, 11) is 0. The highest BCUT2D eigenvalue weighted by molar-refractivity contribution is 7.96. The lowest BCUT2D eigenvalue weighted by Gasteiger charge is -2.17. The van der Waals surface area contributed by atoms with E-state index in [9.17, 15) is 4.79 Å². The van der Waals surface area contributed by atoms with Gasteiger partial charge in [0, 0.05) is 5.92 Å². The molecule has 0 spiro atoms. The van der Waals surface area contributed by atoms with E-state index in [1.54, 1.807) is 0 Å². The molecule has 0 saturated heterocycles. The van der Waals surface area contributed by atoms with Gasteiger partial charge in [0.15, 0.2) is 5.12 Å². The smallest absolute Gasteiger partial charge is 0.188 e. The largest absolute Gasteiger partial charge is 0.287 e. The Labute approximate surface area is 120 Å². The summed E-state index contributed by atoms with van der Waals surface area (Å²) in [6.07, 6.45) is 13.0. The molecule has 2 atom stereocenters. The quantitative estimate of drug-likeness (QED) is 0.359. The van der Waals surface area contributed by atoms with Crippen LogP contribution in [0.15, 0.2) is 0 Å². The van der Waals surface area contributed by atoms with Gasteiger partial charge in [0.2, 0.25) is 0 Å². The van der Waals surface area contributed by atoms with Crippen LogP contribution in [0, 0.1) is 11.8 Å². The summed E-state index contributed by atoms with van der Waals surface area (Å²) in [5, 5.41) is 0.0473. The number of thiol groups is 1. The summed E-state index contributed by atoms with van der Waals surface area (Å²) >= 11 is 3.90. The van der Waals surface area contributed by atoms with Crippen LogP contribution in [0.3, 0.4) is 0 Å². The molecule has 0 amide bonds. The van der Waals surface area contributed by atoms with E-state index in [4.69, 9.17) is 0 Å². The van der Waals surface area contributed by atoms with E-state index in [0.29, 0.717) is 0 Å². The number of hydrogen-bond donors (Lipinski definition) is 1. The molecule has 0 saturated carbocycles. The van der Waals surface area contributed by atoms with Gasteiger partial charge in [-0.05, 0) is 12.3 Å². The summed E-state index contributed by atoms with van der Waals surface area (Å²) in [6.45, 7) is 6.53. The number of rotatable bonds is 12. The van der Waals surface area contributed by atoms with Crippen molar-refractivity contribution in [3.63, 3.8) is 0 Å². The molecule has 0 N–H and O–H groups in total. The van der Waals surface area contributed by atoms with Gasteiger partial charge in [0.25, 0.3) is 0 Å². The first kappa shape index (κ1) is 18.0. The zero-order valence-corrected chi connectivity index (χ0v) is 13.5. The summed E-state index contributed by atoms with van der Waals surface area (Å²) in [5.74, 6) is 1.02. The molecule has 0 aliphatic heterocycles.